The number of H-pyrrole nitrogens is 1. The Hall–Kier alpha value is -2.87. The first-order valence-corrected chi connectivity index (χ1v) is 8.23. The molecule has 4 rings (SSSR count). The number of rotatable bonds is 3. The molecule has 1 amide bonds. The van der Waals surface area contributed by atoms with Gasteiger partial charge in [0.1, 0.15) is 11.1 Å². The molecule has 2 aromatic heterocycles. The van der Waals surface area contributed by atoms with Crippen LogP contribution in [-0.4, -0.2) is 38.2 Å². The number of aromatic amines is 1. The van der Waals surface area contributed by atoms with Crippen LogP contribution in [0.4, 0.5) is 5.69 Å². The average molecular weight is 359 g/mol. The molecule has 1 aliphatic rings. The van der Waals surface area contributed by atoms with Gasteiger partial charge in [0.15, 0.2) is 0 Å². The number of nitrogens with zero attached hydrogens (tertiary/aromatic N) is 4. The van der Waals surface area contributed by atoms with E-state index in [0.29, 0.717) is 18.7 Å². The first-order valence-electron chi connectivity index (χ1n) is 7.85. The van der Waals surface area contributed by atoms with Crippen LogP contribution in [0.25, 0.3) is 17.0 Å². The van der Waals surface area contributed by atoms with Gasteiger partial charge in [-0.2, -0.15) is 9.78 Å². The maximum atomic E-state index is 12.7. The molecule has 128 valence electrons. The number of hydrogen-bond donors (Lipinski definition) is 2. The number of anilines is 1. The smallest absolute Gasteiger partial charge is 0.295 e. The number of benzene rings is 1. The Labute approximate surface area is 147 Å². The predicted molar refractivity (Wildman–Crippen MR) is 94.1 cm³/mol. The number of fused-ring (bicyclic) bond motifs is 1. The number of aromatic nitrogens is 4. The fourth-order valence-electron chi connectivity index (χ4n) is 3.17. The van der Waals surface area contributed by atoms with E-state index in [1.165, 1.54) is 6.20 Å². The summed E-state index contributed by atoms with van der Waals surface area (Å²) in [5.74, 6) is -0.150. The van der Waals surface area contributed by atoms with Crippen LogP contribution in [0.5, 0.6) is 0 Å². The Kier molecular flexibility index (Phi) is 3.69. The maximum absolute atomic E-state index is 12.7. The van der Waals surface area contributed by atoms with Crippen molar-refractivity contribution in [3.05, 3.63) is 45.8 Å². The molecule has 1 aliphatic heterocycles. The number of carbonyl (C=O) groups excluding carboxylic acids is 1. The van der Waals surface area contributed by atoms with Gasteiger partial charge in [-0.15, -0.1) is 0 Å². The van der Waals surface area contributed by atoms with Gasteiger partial charge in [-0.3, -0.25) is 9.59 Å². The molecule has 0 aliphatic carbocycles. The number of amides is 1. The van der Waals surface area contributed by atoms with Crippen LogP contribution in [-0.2, 0) is 4.79 Å². The maximum Gasteiger partial charge on any atom is 0.295 e. The Balaban J connectivity index is 1.78. The van der Waals surface area contributed by atoms with Gasteiger partial charge in [-0.1, -0.05) is 23.7 Å². The minimum atomic E-state index is -0.506. The highest BCUT2D eigenvalue weighted by Crippen LogP contribution is 2.29. The Morgan fingerprint density at radius 3 is 2.92 bits per heavy atom. The lowest BCUT2D eigenvalue weighted by atomic mass is 10.2. The van der Waals surface area contributed by atoms with Crippen LogP contribution in [0.1, 0.15) is 12.8 Å². The van der Waals surface area contributed by atoms with Crippen molar-refractivity contribution in [2.45, 2.75) is 18.9 Å². The molecule has 1 aromatic carbocycles. The third-order valence-corrected chi connectivity index (χ3v) is 4.72. The van der Waals surface area contributed by atoms with E-state index in [2.05, 4.69) is 15.1 Å². The summed E-state index contributed by atoms with van der Waals surface area (Å²) >= 11 is 6.29. The van der Waals surface area contributed by atoms with Crippen molar-refractivity contribution in [2.24, 2.45) is 5.73 Å². The van der Waals surface area contributed by atoms with Crippen molar-refractivity contribution in [2.75, 3.05) is 11.4 Å². The second kappa shape index (κ2) is 5.89. The summed E-state index contributed by atoms with van der Waals surface area (Å²) in [7, 11) is 0. The van der Waals surface area contributed by atoms with Crippen molar-refractivity contribution < 1.29 is 4.79 Å². The van der Waals surface area contributed by atoms with Crippen LogP contribution >= 0.6 is 11.6 Å². The zero-order valence-electron chi connectivity index (χ0n) is 13.1. The highest BCUT2D eigenvalue weighted by Gasteiger charge is 2.31. The molecule has 3 N–H and O–H groups in total. The van der Waals surface area contributed by atoms with Gasteiger partial charge < -0.3 is 15.6 Å². The molecule has 25 heavy (non-hydrogen) atoms. The molecule has 1 saturated heterocycles. The molecule has 0 saturated carbocycles. The summed E-state index contributed by atoms with van der Waals surface area (Å²) < 4.78 is 1.11. The van der Waals surface area contributed by atoms with Crippen molar-refractivity contribution in [1.82, 2.24) is 19.7 Å². The van der Waals surface area contributed by atoms with Crippen LogP contribution in [0.2, 0.25) is 5.02 Å². The van der Waals surface area contributed by atoms with Crippen LogP contribution in [0.15, 0.2) is 35.3 Å². The molecule has 0 radical (unpaired) electrons. The first-order chi connectivity index (χ1) is 12.1. The second-order valence-corrected chi connectivity index (χ2v) is 6.27. The summed E-state index contributed by atoms with van der Waals surface area (Å²) in [6, 6.07) is 6.94. The van der Waals surface area contributed by atoms with Crippen molar-refractivity contribution in [3.63, 3.8) is 0 Å². The number of nitrogens with two attached hydrogens (primary N) is 1. The largest absolute Gasteiger partial charge is 0.368 e. The highest BCUT2D eigenvalue weighted by molar-refractivity contribution is 6.33. The van der Waals surface area contributed by atoms with Gasteiger partial charge in [-0.05, 0) is 25.0 Å². The van der Waals surface area contributed by atoms with Gasteiger partial charge in [0, 0.05) is 6.54 Å². The number of primary amides is 1. The standard InChI is InChI=1S/C16H15ClN6O2/c17-13-12(22-7-3-6-11(22)14(18)24)8-19-23(15(13)25)16-20-9-4-1-2-5-10(9)21-16/h1-2,4-5,8,11H,3,6-7H2,(H2,18,24)(H,20,21). The summed E-state index contributed by atoms with van der Waals surface area (Å²) in [5, 5.41) is 4.16. The number of imidazole rings is 1. The molecule has 3 aromatic rings. The SMILES string of the molecule is NC(=O)C1CCCN1c1cnn(-c2nc3ccccc3[nH]2)c(=O)c1Cl. The monoisotopic (exact) mass is 358 g/mol. The third-order valence-electron chi connectivity index (χ3n) is 4.37. The van der Waals surface area contributed by atoms with Crippen LogP contribution in [0.3, 0.4) is 0 Å². The Morgan fingerprint density at radius 2 is 2.16 bits per heavy atom. The molecule has 1 fully saturated rings. The van der Waals surface area contributed by atoms with E-state index in [-0.39, 0.29) is 11.0 Å². The quantitative estimate of drug-likeness (QED) is 0.731. The zero-order valence-corrected chi connectivity index (χ0v) is 13.9. The topological polar surface area (TPSA) is 110 Å². The van der Waals surface area contributed by atoms with E-state index in [1.807, 2.05) is 24.3 Å². The second-order valence-electron chi connectivity index (χ2n) is 5.89. The van der Waals surface area contributed by atoms with E-state index in [9.17, 15) is 9.59 Å². The van der Waals surface area contributed by atoms with E-state index < -0.39 is 17.5 Å². The summed E-state index contributed by atoms with van der Waals surface area (Å²) in [6.45, 7) is 0.600. The molecule has 9 heteroatoms. The highest BCUT2D eigenvalue weighted by atomic mass is 35.5. The number of carbonyl (C=O) groups is 1. The molecular weight excluding hydrogens is 344 g/mol. The van der Waals surface area contributed by atoms with Gasteiger partial charge in [-0.25, -0.2) is 4.98 Å². The minimum absolute atomic E-state index is 0.0105. The first kappa shape index (κ1) is 15.6. The van der Waals surface area contributed by atoms with Crippen molar-refractivity contribution in [3.8, 4) is 5.95 Å². The van der Waals surface area contributed by atoms with Crippen molar-refractivity contribution in [1.29, 1.82) is 0 Å². The van der Waals surface area contributed by atoms with Gasteiger partial charge >= 0.3 is 0 Å². The lowest BCUT2D eigenvalue weighted by molar-refractivity contribution is -0.119. The minimum Gasteiger partial charge on any atom is -0.368 e. The number of hydrogen-bond acceptors (Lipinski definition) is 5. The number of halogens is 1. The van der Waals surface area contributed by atoms with E-state index in [0.717, 1.165) is 22.1 Å². The number of nitrogens with one attached hydrogen (secondary N) is 1. The number of para-hydroxylation sites is 2. The van der Waals surface area contributed by atoms with Crippen LogP contribution in [0, 0.1) is 0 Å². The lowest BCUT2D eigenvalue weighted by Crippen LogP contribution is -2.41. The van der Waals surface area contributed by atoms with Gasteiger partial charge in [0.2, 0.25) is 11.9 Å². The molecular formula is C16H15ClN6O2. The normalized spacial score (nSPS) is 17.3. The molecule has 8 nitrogen and oxygen atoms in total. The molecule has 1 atom stereocenters. The lowest BCUT2D eigenvalue weighted by Gasteiger charge is -2.24. The molecule has 0 bridgehead atoms. The van der Waals surface area contributed by atoms with E-state index in [4.69, 9.17) is 17.3 Å². The van der Waals surface area contributed by atoms with Gasteiger partial charge in [0.05, 0.1) is 22.9 Å². The summed E-state index contributed by atoms with van der Waals surface area (Å²) in [5.41, 5.74) is 6.86. The Bertz CT molecular complexity index is 994. The zero-order chi connectivity index (χ0) is 17.6. The van der Waals surface area contributed by atoms with Crippen LogP contribution < -0.4 is 16.2 Å². The Morgan fingerprint density at radius 1 is 1.36 bits per heavy atom. The summed E-state index contributed by atoms with van der Waals surface area (Å²) in [6.07, 6.45) is 2.91. The van der Waals surface area contributed by atoms with Crippen molar-refractivity contribution >= 4 is 34.2 Å². The summed E-state index contributed by atoms with van der Waals surface area (Å²) in [4.78, 5) is 33.4. The third kappa shape index (κ3) is 2.54. The molecule has 0 spiro atoms. The molecule has 1 unspecified atom stereocenters. The predicted octanol–water partition coefficient (Wildman–Crippen LogP) is 1.22. The average Bonchev–Trinajstić information content (AvgIpc) is 3.23. The van der Waals surface area contributed by atoms with E-state index in [1.54, 1.807) is 4.90 Å². The fourth-order valence-corrected chi connectivity index (χ4v) is 3.40. The fraction of sp³-hybridized carbons (Fsp3) is 0.250. The molecule has 3 heterocycles. The van der Waals surface area contributed by atoms with E-state index >= 15 is 0 Å². The van der Waals surface area contributed by atoms with Gasteiger partial charge in [0.25, 0.3) is 5.56 Å².